The van der Waals surface area contributed by atoms with Gasteiger partial charge >= 0.3 is 0 Å². The molecule has 1 aromatic rings. The van der Waals surface area contributed by atoms with Gasteiger partial charge in [-0.25, -0.2) is 4.39 Å². The highest BCUT2D eigenvalue weighted by molar-refractivity contribution is 7.80. The second-order valence-corrected chi connectivity index (χ2v) is 3.34. The highest BCUT2D eigenvalue weighted by Crippen LogP contribution is 2.25. The molecule has 0 heterocycles. The molecule has 0 aliphatic rings. The van der Waals surface area contributed by atoms with Crippen LogP contribution >= 0.6 is 12.2 Å². The van der Waals surface area contributed by atoms with Crippen molar-refractivity contribution in [3.05, 3.63) is 29.1 Å². The van der Waals surface area contributed by atoms with Crippen LogP contribution in [0.4, 0.5) is 4.39 Å². The van der Waals surface area contributed by atoms with Gasteiger partial charge in [-0.05, 0) is 38.2 Å². The predicted molar refractivity (Wildman–Crippen MR) is 61.0 cm³/mol. The molecule has 0 aliphatic heterocycles. The van der Waals surface area contributed by atoms with E-state index >= 15 is 0 Å². The summed E-state index contributed by atoms with van der Waals surface area (Å²) in [5, 5.41) is 0.369. The first kappa shape index (κ1) is 11.9. The van der Waals surface area contributed by atoms with Gasteiger partial charge in [0.2, 0.25) is 0 Å². The van der Waals surface area contributed by atoms with Crippen LogP contribution in [0.2, 0.25) is 0 Å². The van der Waals surface area contributed by atoms with Crippen LogP contribution in [-0.4, -0.2) is 18.8 Å². The van der Waals surface area contributed by atoms with E-state index in [9.17, 15) is 4.39 Å². The first-order valence-electron chi connectivity index (χ1n) is 4.62. The Hall–Kier alpha value is -1.16. The normalized spacial score (nSPS) is 9.87. The van der Waals surface area contributed by atoms with Crippen molar-refractivity contribution in [3.63, 3.8) is 0 Å². The van der Waals surface area contributed by atoms with Crippen LogP contribution in [-0.2, 0) is 4.74 Å². The van der Waals surface area contributed by atoms with Crippen molar-refractivity contribution in [3.8, 4) is 5.75 Å². The highest BCUT2D eigenvalue weighted by atomic mass is 32.1. The van der Waals surface area contributed by atoms with E-state index in [1.807, 2.05) is 6.92 Å². The zero-order chi connectivity index (χ0) is 11.4. The lowest BCUT2D eigenvalue weighted by Crippen LogP contribution is -2.07. The van der Waals surface area contributed by atoms with Crippen LogP contribution in [0.1, 0.15) is 18.1 Å². The molecule has 0 radical (unpaired) electrons. The number of halogens is 1. The average Bonchev–Trinajstić information content (AvgIpc) is 2.18. The lowest BCUT2D eigenvalue weighted by atomic mass is 10.1. The number of benzene rings is 1. The van der Waals surface area contributed by atoms with Crippen molar-refractivity contribution in [1.82, 2.24) is 0 Å². The van der Waals surface area contributed by atoms with Crippen LogP contribution in [0.3, 0.4) is 0 Å². The number of methoxy groups -OCH3 is 1. The predicted octanol–water partition coefficient (Wildman–Crippen LogP) is 2.85. The molecule has 0 amide bonds. The van der Waals surface area contributed by atoms with E-state index in [1.165, 1.54) is 13.2 Å². The molecule has 0 aromatic heterocycles. The number of rotatable bonds is 3. The Balaban J connectivity index is 3.15. The minimum atomic E-state index is -0.391. The monoisotopic (exact) mass is 228 g/mol. The molecule has 0 atom stereocenters. The van der Waals surface area contributed by atoms with E-state index in [0.29, 0.717) is 22.8 Å². The zero-order valence-corrected chi connectivity index (χ0v) is 9.78. The smallest absolute Gasteiger partial charge is 0.191 e. The number of ether oxygens (including phenoxy) is 2. The first-order valence-corrected chi connectivity index (χ1v) is 5.02. The molecule has 4 heteroatoms. The molecule has 0 saturated carbocycles. The van der Waals surface area contributed by atoms with Crippen LogP contribution in [0.25, 0.3) is 0 Å². The van der Waals surface area contributed by atoms with E-state index in [2.05, 4.69) is 0 Å². The molecule has 0 unspecified atom stereocenters. The summed E-state index contributed by atoms with van der Waals surface area (Å²) >= 11 is 5.06. The second-order valence-electron chi connectivity index (χ2n) is 2.97. The van der Waals surface area contributed by atoms with E-state index in [1.54, 1.807) is 13.0 Å². The molecule has 0 saturated heterocycles. The maximum Gasteiger partial charge on any atom is 0.191 e. The minimum absolute atomic E-state index is 0.217. The third-order valence-electron chi connectivity index (χ3n) is 2.06. The van der Waals surface area contributed by atoms with Crippen molar-refractivity contribution < 1.29 is 13.9 Å². The molecule has 1 aromatic carbocycles. The maximum absolute atomic E-state index is 13.3. The summed E-state index contributed by atoms with van der Waals surface area (Å²) in [6, 6.07) is 2.93. The minimum Gasteiger partial charge on any atom is -0.493 e. The fraction of sp³-hybridized carbons (Fsp3) is 0.364. The Labute approximate surface area is 94.0 Å². The third kappa shape index (κ3) is 2.45. The van der Waals surface area contributed by atoms with Gasteiger partial charge in [-0.2, -0.15) is 0 Å². The summed E-state index contributed by atoms with van der Waals surface area (Å²) in [5.41, 5.74) is 1.36. The largest absolute Gasteiger partial charge is 0.493 e. The molecule has 1 rings (SSSR count). The molecule has 0 aliphatic carbocycles. The molecule has 82 valence electrons. The molecular weight excluding hydrogens is 215 g/mol. The van der Waals surface area contributed by atoms with Gasteiger partial charge in [0.25, 0.3) is 0 Å². The lowest BCUT2D eigenvalue weighted by molar-refractivity contribution is 0.336. The van der Waals surface area contributed by atoms with Gasteiger partial charge in [-0.15, -0.1) is 0 Å². The van der Waals surface area contributed by atoms with Gasteiger partial charge < -0.3 is 9.47 Å². The van der Waals surface area contributed by atoms with Gasteiger partial charge in [0, 0.05) is 11.1 Å². The topological polar surface area (TPSA) is 18.5 Å². The summed E-state index contributed by atoms with van der Waals surface area (Å²) in [7, 11) is 1.43. The summed E-state index contributed by atoms with van der Waals surface area (Å²) < 4.78 is 23.4. The number of hydrogen-bond donors (Lipinski definition) is 0. The van der Waals surface area contributed by atoms with E-state index in [-0.39, 0.29) is 5.75 Å². The van der Waals surface area contributed by atoms with Crippen LogP contribution in [0, 0.1) is 12.7 Å². The quantitative estimate of drug-likeness (QED) is 0.741. The summed E-state index contributed by atoms with van der Waals surface area (Å²) in [6.45, 7) is 4.10. The van der Waals surface area contributed by atoms with E-state index in [0.717, 1.165) is 0 Å². The molecule has 0 bridgehead atoms. The molecule has 0 N–H and O–H groups in total. The van der Waals surface area contributed by atoms with Gasteiger partial charge in [0.15, 0.2) is 16.6 Å². The Kier molecular flexibility index (Phi) is 4.03. The van der Waals surface area contributed by atoms with E-state index in [4.69, 9.17) is 21.7 Å². The fourth-order valence-electron chi connectivity index (χ4n) is 1.34. The van der Waals surface area contributed by atoms with E-state index < -0.39 is 5.82 Å². The molecule has 2 nitrogen and oxygen atoms in total. The zero-order valence-electron chi connectivity index (χ0n) is 8.96. The van der Waals surface area contributed by atoms with Gasteiger partial charge in [-0.1, -0.05) is 0 Å². The standard InChI is InChI=1S/C11H13FO2S/c1-4-14-11(15)8-5-6-9(12)10(13-3)7(8)2/h5-6H,4H2,1-3H3. The van der Waals surface area contributed by atoms with Gasteiger partial charge in [0.1, 0.15) is 0 Å². The van der Waals surface area contributed by atoms with Crippen LogP contribution in [0.5, 0.6) is 5.75 Å². The summed E-state index contributed by atoms with van der Waals surface area (Å²) in [6.07, 6.45) is 0. The third-order valence-corrected chi connectivity index (χ3v) is 2.40. The van der Waals surface area contributed by atoms with Gasteiger partial charge in [-0.3, -0.25) is 0 Å². The number of thiocarbonyl (C=S) groups is 1. The van der Waals surface area contributed by atoms with Crippen molar-refractivity contribution in [1.29, 1.82) is 0 Å². The van der Waals surface area contributed by atoms with Crippen LogP contribution in [0.15, 0.2) is 12.1 Å². The Bertz CT molecular complexity index is 377. The van der Waals surface area contributed by atoms with Gasteiger partial charge in [0.05, 0.1) is 13.7 Å². The fourth-order valence-corrected chi connectivity index (χ4v) is 1.68. The second kappa shape index (κ2) is 5.07. The van der Waals surface area contributed by atoms with Crippen molar-refractivity contribution in [2.24, 2.45) is 0 Å². The SMILES string of the molecule is CCOC(=S)c1ccc(F)c(OC)c1C. The lowest BCUT2D eigenvalue weighted by Gasteiger charge is -2.12. The number of hydrogen-bond acceptors (Lipinski definition) is 3. The Morgan fingerprint density at radius 1 is 1.47 bits per heavy atom. The van der Waals surface area contributed by atoms with Crippen molar-refractivity contribution in [2.75, 3.05) is 13.7 Å². The highest BCUT2D eigenvalue weighted by Gasteiger charge is 2.13. The summed E-state index contributed by atoms with van der Waals surface area (Å²) in [5.74, 6) is -0.174. The molecule has 0 fully saturated rings. The average molecular weight is 228 g/mol. The molecular formula is C11H13FO2S. The van der Waals surface area contributed by atoms with Crippen LogP contribution < -0.4 is 4.74 Å². The molecule has 0 spiro atoms. The summed E-state index contributed by atoms with van der Waals surface area (Å²) in [4.78, 5) is 0. The Morgan fingerprint density at radius 2 is 2.13 bits per heavy atom. The van der Waals surface area contributed by atoms with Crippen molar-refractivity contribution >= 4 is 17.3 Å². The molecule has 15 heavy (non-hydrogen) atoms. The van der Waals surface area contributed by atoms with Crippen molar-refractivity contribution in [2.45, 2.75) is 13.8 Å². The maximum atomic E-state index is 13.3. The first-order chi connectivity index (χ1) is 7.11. The Morgan fingerprint density at radius 3 is 2.67 bits per heavy atom.